The van der Waals surface area contributed by atoms with Gasteiger partial charge >= 0.3 is 5.97 Å². The molecule has 0 bridgehead atoms. The Labute approximate surface area is 106 Å². The molecule has 0 atom stereocenters. The zero-order valence-electron chi connectivity index (χ0n) is 9.67. The zero-order chi connectivity index (χ0) is 13.0. The van der Waals surface area contributed by atoms with Crippen molar-refractivity contribution in [1.82, 2.24) is 0 Å². The van der Waals surface area contributed by atoms with Crippen LogP contribution in [0.15, 0.2) is 48.5 Å². The molecule has 18 heavy (non-hydrogen) atoms. The summed E-state index contributed by atoms with van der Waals surface area (Å²) in [6, 6.07) is 13.5. The first-order valence-electron chi connectivity index (χ1n) is 5.46. The van der Waals surface area contributed by atoms with E-state index in [1.54, 1.807) is 0 Å². The Bertz CT molecular complexity index is 532. The van der Waals surface area contributed by atoms with Gasteiger partial charge < -0.3 is 9.84 Å². The molecular formula is C14H11BO3. The quantitative estimate of drug-likeness (QED) is 0.651. The molecule has 0 aliphatic rings. The third-order valence-corrected chi connectivity index (χ3v) is 2.39. The van der Waals surface area contributed by atoms with Crippen LogP contribution in [0.25, 0.3) is 0 Å². The van der Waals surface area contributed by atoms with Gasteiger partial charge in [-0.05, 0) is 17.7 Å². The predicted octanol–water partition coefficient (Wildman–Crippen LogP) is 1.54. The lowest BCUT2D eigenvalue weighted by Crippen LogP contribution is -2.10. The van der Waals surface area contributed by atoms with Gasteiger partial charge in [-0.3, -0.25) is 0 Å². The van der Waals surface area contributed by atoms with Crippen LogP contribution in [0.5, 0.6) is 5.75 Å². The number of esters is 1. The number of carbonyl (C=O) groups is 1. The fourth-order valence-electron chi connectivity index (χ4n) is 1.56. The number of benzene rings is 2. The highest BCUT2D eigenvalue weighted by Gasteiger charge is 2.08. The molecule has 0 saturated heterocycles. The topological polar surface area (TPSA) is 46.5 Å². The lowest BCUT2D eigenvalue weighted by Gasteiger charge is -2.06. The SMILES string of the molecule is [B]c1cc(O)cc(C(=O)OCc2ccccc2)c1. The monoisotopic (exact) mass is 238 g/mol. The van der Waals surface area contributed by atoms with Crippen LogP contribution in [-0.2, 0) is 11.3 Å². The molecule has 2 radical (unpaired) electrons. The second-order valence-corrected chi connectivity index (χ2v) is 3.87. The second kappa shape index (κ2) is 5.40. The maximum absolute atomic E-state index is 11.7. The zero-order valence-corrected chi connectivity index (χ0v) is 9.67. The number of carbonyl (C=O) groups excluding carboxylic acids is 1. The minimum Gasteiger partial charge on any atom is -0.508 e. The number of aromatic hydroxyl groups is 1. The average molecular weight is 238 g/mol. The molecule has 2 rings (SSSR count). The summed E-state index contributed by atoms with van der Waals surface area (Å²) in [6.45, 7) is 0.190. The molecule has 0 aliphatic heterocycles. The number of phenolic OH excluding ortho intramolecular Hbond substituents is 1. The maximum atomic E-state index is 11.7. The van der Waals surface area contributed by atoms with Crippen LogP contribution in [0.2, 0.25) is 0 Å². The van der Waals surface area contributed by atoms with E-state index < -0.39 is 5.97 Å². The van der Waals surface area contributed by atoms with E-state index in [-0.39, 0.29) is 17.9 Å². The number of hydrogen-bond acceptors (Lipinski definition) is 3. The van der Waals surface area contributed by atoms with Crippen molar-refractivity contribution in [2.45, 2.75) is 6.61 Å². The molecule has 2 aromatic carbocycles. The fourth-order valence-corrected chi connectivity index (χ4v) is 1.56. The average Bonchev–Trinajstić information content (AvgIpc) is 2.36. The number of hydrogen-bond donors (Lipinski definition) is 1. The van der Waals surface area contributed by atoms with E-state index in [2.05, 4.69) is 0 Å². The molecule has 0 unspecified atom stereocenters. The van der Waals surface area contributed by atoms with Crippen molar-refractivity contribution in [3.8, 4) is 5.75 Å². The Morgan fingerprint density at radius 2 is 1.89 bits per heavy atom. The summed E-state index contributed by atoms with van der Waals surface area (Å²) in [7, 11) is 5.54. The Morgan fingerprint density at radius 1 is 1.17 bits per heavy atom. The maximum Gasteiger partial charge on any atom is 0.338 e. The lowest BCUT2D eigenvalue weighted by atomic mass is 9.94. The first-order valence-corrected chi connectivity index (χ1v) is 5.46. The first-order chi connectivity index (χ1) is 8.65. The molecule has 0 heterocycles. The number of rotatable bonds is 3. The van der Waals surface area contributed by atoms with Gasteiger partial charge in [0.1, 0.15) is 20.2 Å². The highest BCUT2D eigenvalue weighted by Crippen LogP contribution is 2.11. The van der Waals surface area contributed by atoms with Crippen molar-refractivity contribution >= 4 is 19.3 Å². The Balaban J connectivity index is 2.04. The minimum atomic E-state index is -0.513. The van der Waals surface area contributed by atoms with Crippen LogP contribution in [0.4, 0.5) is 0 Å². The lowest BCUT2D eigenvalue weighted by molar-refractivity contribution is 0.0472. The van der Waals surface area contributed by atoms with Crippen molar-refractivity contribution in [1.29, 1.82) is 0 Å². The van der Waals surface area contributed by atoms with Crippen LogP contribution in [-0.4, -0.2) is 18.9 Å². The predicted molar refractivity (Wildman–Crippen MR) is 69.1 cm³/mol. The highest BCUT2D eigenvalue weighted by atomic mass is 16.5. The molecular weight excluding hydrogens is 227 g/mol. The molecule has 0 amide bonds. The van der Waals surface area contributed by atoms with Crippen molar-refractivity contribution in [3.05, 3.63) is 59.7 Å². The van der Waals surface area contributed by atoms with Gasteiger partial charge in [0.2, 0.25) is 0 Å². The Kier molecular flexibility index (Phi) is 3.67. The summed E-state index contributed by atoms with van der Waals surface area (Å²) in [5.41, 5.74) is 1.46. The summed E-state index contributed by atoms with van der Waals surface area (Å²) in [5.74, 6) is -0.567. The van der Waals surface area contributed by atoms with Gasteiger partial charge in [0, 0.05) is 0 Å². The van der Waals surface area contributed by atoms with Gasteiger partial charge in [-0.15, -0.1) is 0 Å². The van der Waals surface area contributed by atoms with Gasteiger partial charge in [0.15, 0.2) is 0 Å². The number of phenols is 1. The van der Waals surface area contributed by atoms with Gasteiger partial charge in [-0.25, -0.2) is 4.79 Å². The summed E-state index contributed by atoms with van der Waals surface area (Å²) >= 11 is 0. The van der Waals surface area contributed by atoms with Crippen LogP contribution in [0.1, 0.15) is 15.9 Å². The standard InChI is InChI=1S/C14H11BO3/c15-12-6-11(7-13(16)8-12)14(17)18-9-10-4-2-1-3-5-10/h1-8,16H,9H2. The second-order valence-electron chi connectivity index (χ2n) is 3.87. The third-order valence-electron chi connectivity index (χ3n) is 2.39. The molecule has 1 N–H and O–H groups in total. The van der Waals surface area contributed by atoms with E-state index in [0.717, 1.165) is 5.56 Å². The minimum absolute atomic E-state index is 0.0540. The molecule has 0 saturated carbocycles. The van der Waals surface area contributed by atoms with E-state index in [0.29, 0.717) is 5.46 Å². The Hall–Kier alpha value is -2.23. The van der Waals surface area contributed by atoms with Gasteiger partial charge in [0.25, 0.3) is 0 Å². The summed E-state index contributed by atoms with van der Waals surface area (Å²) in [5, 5.41) is 9.34. The van der Waals surface area contributed by atoms with E-state index >= 15 is 0 Å². The smallest absolute Gasteiger partial charge is 0.338 e. The van der Waals surface area contributed by atoms with E-state index in [1.807, 2.05) is 30.3 Å². The Morgan fingerprint density at radius 3 is 2.56 bits per heavy atom. The van der Waals surface area contributed by atoms with Crippen LogP contribution in [0.3, 0.4) is 0 Å². The van der Waals surface area contributed by atoms with Gasteiger partial charge in [-0.1, -0.05) is 41.9 Å². The van der Waals surface area contributed by atoms with E-state index in [9.17, 15) is 9.90 Å². The molecule has 3 nitrogen and oxygen atoms in total. The molecule has 0 aliphatic carbocycles. The van der Waals surface area contributed by atoms with Crippen LogP contribution in [0, 0.1) is 0 Å². The molecule has 0 fully saturated rings. The van der Waals surface area contributed by atoms with Crippen LogP contribution < -0.4 is 5.46 Å². The molecule has 0 aromatic heterocycles. The summed E-state index contributed by atoms with van der Waals surface area (Å²) < 4.78 is 5.12. The summed E-state index contributed by atoms with van der Waals surface area (Å²) in [4.78, 5) is 11.7. The largest absolute Gasteiger partial charge is 0.508 e. The fraction of sp³-hybridized carbons (Fsp3) is 0.0714. The van der Waals surface area contributed by atoms with Gasteiger partial charge in [-0.2, -0.15) is 0 Å². The normalized spacial score (nSPS) is 10.0. The summed E-state index contributed by atoms with van der Waals surface area (Å²) in [6.07, 6.45) is 0. The molecule has 2 aromatic rings. The van der Waals surface area contributed by atoms with Crippen molar-refractivity contribution < 1.29 is 14.6 Å². The van der Waals surface area contributed by atoms with Crippen molar-refractivity contribution in [3.63, 3.8) is 0 Å². The molecule has 0 spiro atoms. The molecule has 88 valence electrons. The van der Waals surface area contributed by atoms with Gasteiger partial charge in [0.05, 0.1) is 5.56 Å². The first kappa shape index (κ1) is 12.2. The molecule has 4 heteroatoms. The number of ether oxygens (including phenoxy) is 1. The third kappa shape index (κ3) is 3.14. The van der Waals surface area contributed by atoms with E-state index in [4.69, 9.17) is 12.6 Å². The van der Waals surface area contributed by atoms with Crippen molar-refractivity contribution in [2.75, 3.05) is 0 Å². The highest BCUT2D eigenvalue weighted by molar-refractivity contribution is 6.32. The van der Waals surface area contributed by atoms with Crippen molar-refractivity contribution in [2.24, 2.45) is 0 Å². The van der Waals surface area contributed by atoms with E-state index in [1.165, 1.54) is 18.2 Å². The van der Waals surface area contributed by atoms with Crippen LogP contribution >= 0.6 is 0 Å².